The molecule has 1 aliphatic rings. The van der Waals surface area contributed by atoms with Gasteiger partial charge >= 0.3 is 0 Å². The van der Waals surface area contributed by atoms with Crippen LogP contribution in [-0.4, -0.2) is 18.5 Å². The first-order valence-corrected chi connectivity index (χ1v) is 12.6. The highest BCUT2D eigenvalue weighted by atomic mass is 35.5. The number of carbonyl (C=O) groups excluding carboxylic acids is 1. The van der Waals surface area contributed by atoms with Crippen molar-refractivity contribution in [1.82, 2.24) is 0 Å². The van der Waals surface area contributed by atoms with Crippen LogP contribution in [0, 0.1) is 11.8 Å². The molecule has 0 saturated carbocycles. The molecule has 1 atom stereocenters. The van der Waals surface area contributed by atoms with E-state index in [1.807, 2.05) is 36.4 Å². The number of hydrogen-bond acceptors (Lipinski definition) is 5. The summed E-state index contributed by atoms with van der Waals surface area (Å²) in [4.78, 5) is 11.3. The Balaban J connectivity index is 1.35. The summed E-state index contributed by atoms with van der Waals surface area (Å²) in [5, 5.41) is 2.94. The zero-order valence-corrected chi connectivity index (χ0v) is 20.7. The SMILES string of the molecule is CC#C[C@@H](CC(=O)Cl)c1ccc(OCc2ccc3scc(-c4cccc5c4OCCO5)c3c2)cc1. The van der Waals surface area contributed by atoms with E-state index in [0.29, 0.717) is 19.8 Å². The van der Waals surface area contributed by atoms with Crippen molar-refractivity contribution >= 4 is 38.3 Å². The standard InChI is InChI=1S/C29H23ClO4S/c1-2-4-21(16-28(30)31)20-8-10-22(11-9-20)34-17-19-7-12-27-24(15-19)25(18-35-27)23-5-3-6-26-29(23)33-14-13-32-26/h3,5-12,15,18,21H,13-14,16-17H2,1H3/t21-/m0/s1. The van der Waals surface area contributed by atoms with E-state index in [1.165, 1.54) is 10.1 Å². The maximum absolute atomic E-state index is 11.3. The van der Waals surface area contributed by atoms with Gasteiger partial charge < -0.3 is 14.2 Å². The third-order valence-corrected chi connectivity index (χ3v) is 6.98. The first kappa shape index (κ1) is 23.3. The molecule has 0 radical (unpaired) electrons. The highest BCUT2D eigenvalue weighted by Gasteiger charge is 2.19. The van der Waals surface area contributed by atoms with Gasteiger partial charge in [0, 0.05) is 27.6 Å². The van der Waals surface area contributed by atoms with Gasteiger partial charge in [-0.1, -0.05) is 36.3 Å². The van der Waals surface area contributed by atoms with Crippen molar-refractivity contribution in [2.45, 2.75) is 25.9 Å². The van der Waals surface area contributed by atoms with E-state index in [0.717, 1.165) is 39.5 Å². The highest BCUT2D eigenvalue weighted by molar-refractivity contribution is 7.17. The average molecular weight is 503 g/mol. The number of para-hydroxylation sites is 1. The Bertz CT molecular complexity index is 1430. The molecule has 35 heavy (non-hydrogen) atoms. The van der Waals surface area contributed by atoms with Gasteiger partial charge in [-0.15, -0.1) is 17.3 Å². The minimum Gasteiger partial charge on any atom is -0.489 e. The van der Waals surface area contributed by atoms with E-state index in [1.54, 1.807) is 18.3 Å². The molecule has 6 heteroatoms. The largest absolute Gasteiger partial charge is 0.489 e. The predicted octanol–water partition coefficient (Wildman–Crippen LogP) is 7.18. The van der Waals surface area contributed by atoms with Gasteiger partial charge in [0.25, 0.3) is 0 Å². The Morgan fingerprint density at radius 1 is 1.09 bits per heavy atom. The van der Waals surface area contributed by atoms with Gasteiger partial charge in [0.1, 0.15) is 25.6 Å². The number of ether oxygens (including phenoxy) is 3. The summed E-state index contributed by atoms with van der Waals surface area (Å²) in [5.74, 6) is 8.06. The third-order valence-electron chi connectivity index (χ3n) is 5.87. The van der Waals surface area contributed by atoms with Crippen molar-refractivity contribution in [3.63, 3.8) is 0 Å². The molecule has 0 N–H and O–H groups in total. The van der Waals surface area contributed by atoms with Crippen molar-refractivity contribution < 1.29 is 19.0 Å². The van der Waals surface area contributed by atoms with Crippen LogP contribution in [0.25, 0.3) is 21.2 Å². The maximum atomic E-state index is 11.3. The molecule has 4 aromatic rings. The van der Waals surface area contributed by atoms with E-state index in [4.69, 9.17) is 25.8 Å². The van der Waals surface area contributed by atoms with Gasteiger partial charge in [0.15, 0.2) is 11.5 Å². The molecule has 5 rings (SSSR count). The number of halogens is 1. The molecule has 4 nitrogen and oxygen atoms in total. The molecule has 1 aliphatic heterocycles. The topological polar surface area (TPSA) is 44.8 Å². The van der Waals surface area contributed by atoms with Crippen molar-refractivity contribution in [2.75, 3.05) is 13.2 Å². The summed E-state index contributed by atoms with van der Waals surface area (Å²) in [6.07, 6.45) is 0.188. The molecule has 0 saturated heterocycles. The van der Waals surface area contributed by atoms with Crippen molar-refractivity contribution in [1.29, 1.82) is 0 Å². The highest BCUT2D eigenvalue weighted by Crippen LogP contribution is 2.44. The molecule has 3 aromatic carbocycles. The zero-order valence-electron chi connectivity index (χ0n) is 19.2. The molecular formula is C29H23ClO4S. The molecule has 176 valence electrons. The number of hydrogen-bond donors (Lipinski definition) is 0. The Morgan fingerprint density at radius 3 is 2.71 bits per heavy atom. The quantitative estimate of drug-likeness (QED) is 0.198. The average Bonchev–Trinajstić information content (AvgIpc) is 3.30. The fourth-order valence-corrected chi connectivity index (χ4v) is 5.31. The summed E-state index contributed by atoms with van der Waals surface area (Å²) in [5.41, 5.74) is 4.20. The summed E-state index contributed by atoms with van der Waals surface area (Å²) in [6, 6.07) is 20.1. The number of carbonyl (C=O) groups is 1. The second-order valence-electron chi connectivity index (χ2n) is 8.17. The molecule has 0 fully saturated rings. The van der Waals surface area contributed by atoms with Gasteiger partial charge in [0.2, 0.25) is 5.24 Å². The van der Waals surface area contributed by atoms with Gasteiger partial charge in [-0.3, -0.25) is 4.79 Å². The van der Waals surface area contributed by atoms with E-state index >= 15 is 0 Å². The lowest BCUT2D eigenvalue weighted by Crippen LogP contribution is -2.15. The predicted molar refractivity (Wildman–Crippen MR) is 141 cm³/mol. The summed E-state index contributed by atoms with van der Waals surface area (Å²) in [7, 11) is 0. The molecule has 0 bridgehead atoms. The van der Waals surface area contributed by atoms with Crippen LogP contribution in [0.5, 0.6) is 17.2 Å². The Labute approximate surface area is 213 Å². The second-order valence-corrected chi connectivity index (χ2v) is 9.51. The first-order valence-electron chi connectivity index (χ1n) is 11.3. The lowest BCUT2D eigenvalue weighted by Gasteiger charge is -2.20. The van der Waals surface area contributed by atoms with Crippen molar-refractivity contribution in [3.8, 4) is 40.2 Å². The molecule has 2 heterocycles. The van der Waals surface area contributed by atoms with Crippen LogP contribution in [-0.2, 0) is 11.4 Å². The Morgan fingerprint density at radius 2 is 1.91 bits per heavy atom. The Hall–Kier alpha value is -3.46. The van der Waals surface area contributed by atoms with Crippen LogP contribution in [0.4, 0.5) is 0 Å². The van der Waals surface area contributed by atoms with E-state index in [2.05, 4.69) is 41.5 Å². The van der Waals surface area contributed by atoms with Crippen LogP contribution < -0.4 is 14.2 Å². The zero-order chi connectivity index (χ0) is 24.2. The van der Waals surface area contributed by atoms with E-state index < -0.39 is 5.24 Å². The number of rotatable bonds is 7. The molecule has 0 spiro atoms. The van der Waals surface area contributed by atoms with Crippen LogP contribution in [0.3, 0.4) is 0 Å². The van der Waals surface area contributed by atoms with Crippen LogP contribution in [0.1, 0.15) is 30.4 Å². The fraction of sp³-hybridized carbons (Fsp3) is 0.207. The van der Waals surface area contributed by atoms with Crippen molar-refractivity contribution in [2.24, 2.45) is 0 Å². The minimum absolute atomic E-state index is 0.188. The molecule has 0 amide bonds. The first-order chi connectivity index (χ1) is 17.1. The van der Waals surface area contributed by atoms with Crippen LogP contribution >= 0.6 is 22.9 Å². The second kappa shape index (κ2) is 10.4. The van der Waals surface area contributed by atoms with E-state index in [9.17, 15) is 4.79 Å². The summed E-state index contributed by atoms with van der Waals surface area (Å²) >= 11 is 7.29. The normalized spacial score (nSPS) is 13.1. The van der Waals surface area contributed by atoms with Gasteiger partial charge in [0.05, 0.1) is 5.92 Å². The van der Waals surface area contributed by atoms with Crippen molar-refractivity contribution in [3.05, 3.63) is 77.2 Å². The van der Waals surface area contributed by atoms with Crippen LogP contribution in [0.2, 0.25) is 0 Å². The maximum Gasteiger partial charge on any atom is 0.223 e. The third kappa shape index (κ3) is 5.14. The number of thiophene rings is 1. The minimum atomic E-state index is -0.392. The Kier molecular flexibility index (Phi) is 6.94. The molecule has 0 aliphatic carbocycles. The molecular weight excluding hydrogens is 480 g/mol. The van der Waals surface area contributed by atoms with Crippen LogP contribution in [0.15, 0.2) is 66.0 Å². The molecule has 0 unspecified atom stereocenters. The van der Waals surface area contributed by atoms with Gasteiger partial charge in [-0.25, -0.2) is 0 Å². The lowest BCUT2D eigenvalue weighted by molar-refractivity contribution is -0.111. The molecule has 1 aromatic heterocycles. The summed E-state index contributed by atoms with van der Waals surface area (Å²) < 4.78 is 19.0. The number of benzene rings is 3. The van der Waals surface area contributed by atoms with E-state index in [-0.39, 0.29) is 12.3 Å². The smallest absolute Gasteiger partial charge is 0.223 e. The number of fused-ring (bicyclic) bond motifs is 2. The lowest BCUT2D eigenvalue weighted by atomic mass is 9.97. The van der Waals surface area contributed by atoms with Gasteiger partial charge in [-0.2, -0.15) is 0 Å². The monoisotopic (exact) mass is 502 g/mol. The summed E-state index contributed by atoms with van der Waals surface area (Å²) in [6.45, 7) is 3.32. The van der Waals surface area contributed by atoms with Gasteiger partial charge in [-0.05, 0) is 65.4 Å². The fourth-order valence-electron chi connectivity index (χ4n) is 4.21.